The molecule has 0 saturated heterocycles. The maximum absolute atomic E-state index is 11.2. The Bertz CT molecular complexity index is 252. The van der Waals surface area contributed by atoms with Crippen LogP contribution in [0.3, 0.4) is 0 Å². The molecule has 0 unspecified atom stereocenters. The van der Waals surface area contributed by atoms with E-state index in [-0.39, 0.29) is 5.91 Å². The number of hydrogen-bond acceptors (Lipinski definition) is 4. The summed E-state index contributed by atoms with van der Waals surface area (Å²) >= 11 is 0. The molecule has 0 aromatic heterocycles. The van der Waals surface area contributed by atoms with Crippen LogP contribution in [0.25, 0.3) is 0 Å². The van der Waals surface area contributed by atoms with Crippen molar-refractivity contribution in [1.82, 2.24) is 10.6 Å². The molecular formula is C8H13N2O4-. The number of hydrogen-bond donors (Lipinski definition) is 2. The van der Waals surface area contributed by atoms with E-state index in [1.54, 1.807) is 0 Å². The van der Waals surface area contributed by atoms with Crippen molar-refractivity contribution < 1.29 is 19.5 Å². The highest BCUT2D eigenvalue weighted by molar-refractivity contribution is 5.89. The number of nitrogens with one attached hydrogen (secondary N) is 2. The molecule has 0 aromatic rings. The highest BCUT2D eigenvalue weighted by Gasteiger charge is 2.15. The van der Waals surface area contributed by atoms with Crippen LogP contribution in [0, 0.1) is 0 Å². The highest BCUT2D eigenvalue weighted by atomic mass is 16.4. The fraction of sp³-hybridized carbons (Fsp3) is 0.625. The van der Waals surface area contributed by atoms with Gasteiger partial charge in [-0.2, -0.15) is 0 Å². The SMILES string of the molecule is CC(=O)N[C@@H](C)C(=O)N[C@@H](C)C(=O)[O-]. The summed E-state index contributed by atoms with van der Waals surface area (Å²) in [6.45, 7) is 4.01. The highest BCUT2D eigenvalue weighted by Crippen LogP contribution is 1.85. The predicted molar refractivity (Wildman–Crippen MR) is 45.9 cm³/mol. The molecule has 0 radical (unpaired) electrons. The van der Waals surface area contributed by atoms with Gasteiger partial charge in [0, 0.05) is 6.92 Å². The number of amides is 2. The zero-order valence-electron chi connectivity index (χ0n) is 8.29. The van der Waals surface area contributed by atoms with Gasteiger partial charge in [-0.15, -0.1) is 0 Å². The van der Waals surface area contributed by atoms with E-state index in [9.17, 15) is 19.5 Å². The number of aliphatic carboxylic acids is 1. The van der Waals surface area contributed by atoms with Crippen LogP contribution in [0.4, 0.5) is 0 Å². The van der Waals surface area contributed by atoms with Crippen molar-refractivity contribution in [2.24, 2.45) is 0 Å². The molecule has 6 nitrogen and oxygen atoms in total. The van der Waals surface area contributed by atoms with E-state index in [4.69, 9.17) is 0 Å². The van der Waals surface area contributed by atoms with Crippen LogP contribution < -0.4 is 15.7 Å². The van der Waals surface area contributed by atoms with Gasteiger partial charge in [0.1, 0.15) is 6.04 Å². The van der Waals surface area contributed by atoms with Gasteiger partial charge < -0.3 is 20.5 Å². The molecule has 0 aliphatic carbocycles. The van der Waals surface area contributed by atoms with Crippen molar-refractivity contribution in [2.75, 3.05) is 0 Å². The number of carboxylic acids is 1. The first-order valence-corrected chi connectivity index (χ1v) is 4.13. The van der Waals surface area contributed by atoms with Gasteiger partial charge in [0.05, 0.1) is 12.0 Å². The standard InChI is InChI=1S/C8H14N2O4/c1-4(9-6(3)11)7(12)10-5(2)8(13)14/h4-5H,1-3H3,(H,9,11)(H,10,12)(H,13,14)/p-1/t4-,5-/m0/s1. The van der Waals surface area contributed by atoms with Crippen molar-refractivity contribution in [3.05, 3.63) is 0 Å². The van der Waals surface area contributed by atoms with E-state index in [0.717, 1.165) is 0 Å². The fourth-order valence-corrected chi connectivity index (χ4v) is 0.768. The summed E-state index contributed by atoms with van der Waals surface area (Å²) in [6, 6.07) is -1.83. The van der Waals surface area contributed by atoms with Crippen LogP contribution in [0.2, 0.25) is 0 Å². The minimum atomic E-state index is -1.37. The molecule has 0 saturated carbocycles. The zero-order valence-corrected chi connectivity index (χ0v) is 8.29. The number of carboxylic acid groups (broad SMARTS) is 1. The van der Waals surface area contributed by atoms with E-state index in [2.05, 4.69) is 10.6 Å². The predicted octanol–water partition coefficient (Wildman–Crippen LogP) is -2.23. The third kappa shape index (κ3) is 4.44. The Hall–Kier alpha value is -1.59. The van der Waals surface area contributed by atoms with Crippen molar-refractivity contribution in [3.8, 4) is 0 Å². The zero-order chi connectivity index (χ0) is 11.3. The monoisotopic (exact) mass is 201 g/mol. The van der Waals surface area contributed by atoms with Gasteiger partial charge >= 0.3 is 0 Å². The lowest BCUT2D eigenvalue weighted by atomic mass is 10.2. The largest absolute Gasteiger partial charge is 0.548 e. The van der Waals surface area contributed by atoms with Crippen molar-refractivity contribution >= 4 is 17.8 Å². The molecule has 2 atom stereocenters. The molecule has 0 aliphatic heterocycles. The summed E-state index contributed by atoms with van der Waals surface area (Å²) < 4.78 is 0. The first kappa shape index (κ1) is 12.4. The molecule has 80 valence electrons. The second-order valence-electron chi connectivity index (χ2n) is 2.97. The van der Waals surface area contributed by atoms with E-state index < -0.39 is 24.0 Å². The molecular weight excluding hydrogens is 188 g/mol. The van der Waals surface area contributed by atoms with Crippen LogP contribution in [-0.4, -0.2) is 29.9 Å². The Kier molecular flexibility index (Phi) is 4.62. The van der Waals surface area contributed by atoms with Gasteiger partial charge in [0.15, 0.2) is 0 Å². The Labute approximate surface area is 81.7 Å². The summed E-state index contributed by atoms with van der Waals surface area (Å²) in [7, 11) is 0. The molecule has 2 amide bonds. The molecule has 0 spiro atoms. The molecule has 0 aliphatic rings. The van der Waals surface area contributed by atoms with Crippen LogP contribution in [0.5, 0.6) is 0 Å². The quantitative estimate of drug-likeness (QED) is 0.537. The minimum Gasteiger partial charge on any atom is -0.548 e. The third-order valence-corrected chi connectivity index (χ3v) is 1.53. The average molecular weight is 201 g/mol. The van der Waals surface area contributed by atoms with E-state index >= 15 is 0 Å². The number of carbonyl (C=O) groups excluding carboxylic acids is 3. The first-order valence-electron chi connectivity index (χ1n) is 4.13. The van der Waals surface area contributed by atoms with Gasteiger partial charge in [-0.05, 0) is 13.8 Å². The van der Waals surface area contributed by atoms with Crippen LogP contribution in [0.1, 0.15) is 20.8 Å². The smallest absolute Gasteiger partial charge is 0.242 e. The molecule has 6 heteroatoms. The Morgan fingerprint density at radius 3 is 1.93 bits per heavy atom. The van der Waals surface area contributed by atoms with Crippen LogP contribution >= 0.6 is 0 Å². The first-order chi connectivity index (χ1) is 6.34. The van der Waals surface area contributed by atoms with Crippen LogP contribution in [-0.2, 0) is 14.4 Å². The van der Waals surface area contributed by atoms with Crippen molar-refractivity contribution in [2.45, 2.75) is 32.9 Å². The second-order valence-corrected chi connectivity index (χ2v) is 2.97. The summed E-state index contributed by atoms with van der Waals surface area (Å²) in [5, 5.41) is 14.8. The topological polar surface area (TPSA) is 98.3 Å². The number of carbonyl (C=O) groups is 3. The maximum Gasteiger partial charge on any atom is 0.242 e. The van der Waals surface area contributed by atoms with Gasteiger partial charge in [-0.1, -0.05) is 0 Å². The van der Waals surface area contributed by atoms with E-state index in [0.29, 0.717) is 0 Å². The van der Waals surface area contributed by atoms with E-state index in [1.807, 2.05) is 0 Å². The van der Waals surface area contributed by atoms with Gasteiger partial charge in [-0.3, -0.25) is 9.59 Å². The lowest BCUT2D eigenvalue weighted by Crippen LogP contribution is -2.52. The summed E-state index contributed by atoms with van der Waals surface area (Å²) in [4.78, 5) is 32.0. The summed E-state index contributed by atoms with van der Waals surface area (Å²) in [6.07, 6.45) is 0. The van der Waals surface area contributed by atoms with Crippen molar-refractivity contribution in [1.29, 1.82) is 0 Å². The molecule has 14 heavy (non-hydrogen) atoms. The Balaban J connectivity index is 4.07. The van der Waals surface area contributed by atoms with Gasteiger partial charge in [0.2, 0.25) is 11.8 Å². The van der Waals surface area contributed by atoms with Gasteiger partial charge in [0.25, 0.3) is 0 Å². The Morgan fingerprint density at radius 1 is 1.07 bits per heavy atom. The van der Waals surface area contributed by atoms with Crippen molar-refractivity contribution in [3.63, 3.8) is 0 Å². The minimum absolute atomic E-state index is 0.353. The molecule has 0 bridgehead atoms. The average Bonchev–Trinajstić information content (AvgIpc) is 2.02. The normalized spacial score (nSPS) is 13.9. The van der Waals surface area contributed by atoms with Crippen LogP contribution in [0.15, 0.2) is 0 Å². The maximum atomic E-state index is 11.2. The third-order valence-electron chi connectivity index (χ3n) is 1.53. The lowest BCUT2D eigenvalue weighted by Gasteiger charge is -2.18. The lowest BCUT2D eigenvalue weighted by molar-refractivity contribution is -0.307. The second kappa shape index (κ2) is 5.21. The molecule has 0 rings (SSSR count). The molecule has 0 heterocycles. The Morgan fingerprint density at radius 2 is 1.57 bits per heavy atom. The number of rotatable bonds is 4. The molecule has 0 fully saturated rings. The fourth-order valence-electron chi connectivity index (χ4n) is 0.768. The van der Waals surface area contributed by atoms with E-state index in [1.165, 1.54) is 20.8 Å². The van der Waals surface area contributed by atoms with Gasteiger partial charge in [-0.25, -0.2) is 0 Å². The molecule has 2 N–H and O–H groups in total. The molecule has 0 aromatic carbocycles. The summed E-state index contributed by atoms with van der Waals surface area (Å²) in [5.41, 5.74) is 0. The summed E-state index contributed by atoms with van der Waals surface area (Å²) in [5.74, 6) is -2.28.